The molecule has 0 heterocycles. The first-order chi connectivity index (χ1) is 8.74. The predicted octanol–water partition coefficient (Wildman–Crippen LogP) is 2.99. The first-order valence-corrected chi connectivity index (χ1v) is 6.81. The van der Waals surface area contributed by atoms with Crippen LogP contribution < -0.4 is 5.32 Å². The maximum absolute atomic E-state index is 12.4. The van der Waals surface area contributed by atoms with Gasteiger partial charge in [0.25, 0.3) is 5.91 Å². The summed E-state index contributed by atoms with van der Waals surface area (Å²) in [6.45, 7) is 3.77. The molecule has 1 fully saturated rings. The molecule has 1 N–H and O–H groups in total. The van der Waals surface area contributed by atoms with Crippen molar-refractivity contribution in [1.29, 1.82) is 0 Å². The summed E-state index contributed by atoms with van der Waals surface area (Å²) < 4.78 is 0. The van der Waals surface area contributed by atoms with Crippen molar-refractivity contribution in [2.24, 2.45) is 5.92 Å². The highest BCUT2D eigenvalue weighted by molar-refractivity contribution is 5.94. The lowest BCUT2D eigenvalue weighted by Crippen LogP contribution is -2.37. The van der Waals surface area contributed by atoms with Crippen LogP contribution in [-0.2, 0) is 0 Å². The first kappa shape index (κ1) is 12.9. The molecular weight excluding hydrogens is 224 g/mol. The maximum atomic E-state index is 12.4. The van der Waals surface area contributed by atoms with Crippen molar-refractivity contribution >= 4 is 11.6 Å². The van der Waals surface area contributed by atoms with E-state index in [-0.39, 0.29) is 5.91 Å². The first-order valence-electron chi connectivity index (χ1n) is 6.81. The van der Waals surface area contributed by atoms with Gasteiger partial charge in [-0.25, -0.2) is 0 Å². The van der Waals surface area contributed by atoms with Crippen LogP contribution in [0.5, 0.6) is 0 Å². The second kappa shape index (κ2) is 5.89. The number of carbonyl (C=O) groups excluding carboxylic acids is 1. The normalized spacial score (nSPS) is 15.0. The Morgan fingerprint density at radius 3 is 2.44 bits per heavy atom. The average molecular weight is 246 g/mol. The molecule has 0 saturated heterocycles. The molecule has 0 radical (unpaired) electrons. The summed E-state index contributed by atoms with van der Waals surface area (Å²) >= 11 is 0. The van der Waals surface area contributed by atoms with Gasteiger partial charge in [0.05, 0.1) is 0 Å². The molecule has 1 aromatic carbocycles. The fourth-order valence-electron chi connectivity index (χ4n) is 2.30. The number of anilines is 1. The van der Waals surface area contributed by atoms with Gasteiger partial charge >= 0.3 is 0 Å². The lowest BCUT2D eigenvalue weighted by Gasteiger charge is -2.31. The summed E-state index contributed by atoms with van der Waals surface area (Å²) in [5.41, 5.74) is 1.82. The van der Waals surface area contributed by atoms with E-state index >= 15 is 0 Å². The highest BCUT2D eigenvalue weighted by Crippen LogP contribution is 2.27. The molecule has 2 rings (SSSR count). The summed E-state index contributed by atoms with van der Waals surface area (Å²) in [5, 5.41) is 3.06. The van der Waals surface area contributed by atoms with Crippen LogP contribution in [0.1, 0.15) is 36.5 Å². The molecular formula is C15H22N2O. The van der Waals surface area contributed by atoms with Gasteiger partial charge in [0.1, 0.15) is 0 Å². The Balaban J connectivity index is 2.02. The minimum absolute atomic E-state index is 0.159. The Morgan fingerprint density at radius 1 is 1.33 bits per heavy atom. The molecule has 0 aromatic heterocycles. The lowest BCUT2D eigenvalue weighted by atomic mass is 9.85. The molecule has 98 valence electrons. The Bertz CT molecular complexity index is 395. The van der Waals surface area contributed by atoms with Gasteiger partial charge in [-0.2, -0.15) is 0 Å². The number of carbonyl (C=O) groups is 1. The van der Waals surface area contributed by atoms with Gasteiger partial charge in [0.2, 0.25) is 0 Å². The van der Waals surface area contributed by atoms with E-state index in [0.29, 0.717) is 0 Å². The fourth-order valence-corrected chi connectivity index (χ4v) is 2.30. The Hall–Kier alpha value is -1.51. The predicted molar refractivity (Wildman–Crippen MR) is 74.9 cm³/mol. The van der Waals surface area contributed by atoms with Gasteiger partial charge in [-0.05, 0) is 49.9 Å². The Labute approximate surface area is 109 Å². The van der Waals surface area contributed by atoms with Crippen LogP contribution >= 0.6 is 0 Å². The molecule has 0 aliphatic heterocycles. The van der Waals surface area contributed by atoms with Crippen molar-refractivity contribution < 1.29 is 4.79 Å². The molecule has 3 nitrogen and oxygen atoms in total. The summed E-state index contributed by atoms with van der Waals surface area (Å²) in [5.74, 6) is 0.887. The van der Waals surface area contributed by atoms with Crippen molar-refractivity contribution in [2.75, 3.05) is 25.5 Å². The van der Waals surface area contributed by atoms with Gasteiger partial charge in [0, 0.05) is 31.4 Å². The molecule has 0 unspecified atom stereocenters. The van der Waals surface area contributed by atoms with Crippen molar-refractivity contribution in [2.45, 2.75) is 26.2 Å². The zero-order chi connectivity index (χ0) is 13.0. The van der Waals surface area contributed by atoms with E-state index in [1.165, 1.54) is 19.3 Å². The third-order valence-electron chi connectivity index (χ3n) is 3.79. The number of hydrogen-bond donors (Lipinski definition) is 1. The van der Waals surface area contributed by atoms with Gasteiger partial charge < -0.3 is 10.2 Å². The van der Waals surface area contributed by atoms with Gasteiger partial charge in [-0.15, -0.1) is 0 Å². The van der Waals surface area contributed by atoms with Crippen molar-refractivity contribution in [1.82, 2.24) is 4.90 Å². The molecule has 0 bridgehead atoms. The van der Waals surface area contributed by atoms with Crippen molar-refractivity contribution in [3.05, 3.63) is 29.8 Å². The molecule has 1 aromatic rings. The van der Waals surface area contributed by atoms with E-state index in [9.17, 15) is 4.79 Å². The number of benzene rings is 1. The largest absolute Gasteiger partial charge is 0.388 e. The molecule has 0 spiro atoms. The molecule has 0 atom stereocenters. The smallest absolute Gasteiger partial charge is 0.253 e. The molecule has 1 aliphatic rings. The summed E-state index contributed by atoms with van der Waals surface area (Å²) in [7, 11) is 1.88. The minimum atomic E-state index is 0.159. The van der Waals surface area contributed by atoms with E-state index < -0.39 is 0 Å². The molecule has 1 saturated carbocycles. The Kier molecular flexibility index (Phi) is 4.24. The van der Waals surface area contributed by atoms with Crippen molar-refractivity contribution in [3.63, 3.8) is 0 Å². The van der Waals surface area contributed by atoms with Gasteiger partial charge in [-0.3, -0.25) is 4.79 Å². The van der Waals surface area contributed by atoms with Crippen LogP contribution in [0.2, 0.25) is 0 Å². The third kappa shape index (κ3) is 2.84. The number of nitrogens with one attached hydrogen (secondary N) is 1. The summed E-state index contributed by atoms with van der Waals surface area (Å²) in [6.07, 6.45) is 3.89. The second-order valence-electron chi connectivity index (χ2n) is 4.97. The standard InChI is InChI=1S/C15H22N2O/c1-3-17(11-12-5-4-6-12)15(18)13-7-9-14(16-2)10-8-13/h7-10,12,16H,3-6,11H2,1-2H3. The van der Waals surface area contributed by atoms with E-state index in [0.717, 1.165) is 30.3 Å². The molecule has 1 amide bonds. The third-order valence-corrected chi connectivity index (χ3v) is 3.79. The van der Waals surface area contributed by atoms with Crippen LogP contribution in [0.3, 0.4) is 0 Å². The van der Waals surface area contributed by atoms with E-state index in [2.05, 4.69) is 12.2 Å². The number of amides is 1. The monoisotopic (exact) mass is 246 g/mol. The summed E-state index contributed by atoms with van der Waals surface area (Å²) in [6, 6.07) is 7.70. The highest BCUT2D eigenvalue weighted by atomic mass is 16.2. The Morgan fingerprint density at radius 2 is 2.00 bits per heavy atom. The van der Waals surface area contributed by atoms with Crippen LogP contribution in [0, 0.1) is 5.92 Å². The summed E-state index contributed by atoms with van der Waals surface area (Å²) in [4.78, 5) is 14.3. The quantitative estimate of drug-likeness (QED) is 0.866. The van der Waals surface area contributed by atoms with Gasteiger partial charge in [-0.1, -0.05) is 6.42 Å². The number of rotatable bonds is 5. The zero-order valence-corrected chi connectivity index (χ0v) is 11.3. The van der Waals surface area contributed by atoms with Crippen LogP contribution in [-0.4, -0.2) is 30.9 Å². The number of nitrogens with zero attached hydrogens (tertiary/aromatic N) is 1. The highest BCUT2D eigenvalue weighted by Gasteiger charge is 2.23. The molecule has 3 heteroatoms. The molecule has 1 aliphatic carbocycles. The fraction of sp³-hybridized carbons (Fsp3) is 0.533. The van der Waals surface area contributed by atoms with Gasteiger partial charge in [0.15, 0.2) is 0 Å². The van der Waals surface area contributed by atoms with E-state index in [4.69, 9.17) is 0 Å². The van der Waals surface area contributed by atoms with Crippen LogP contribution in [0.15, 0.2) is 24.3 Å². The van der Waals surface area contributed by atoms with E-state index in [1.54, 1.807) is 0 Å². The van der Waals surface area contributed by atoms with Crippen LogP contribution in [0.4, 0.5) is 5.69 Å². The lowest BCUT2D eigenvalue weighted by molar-refractivity contribution is 0.0706. The average Bonchev–Trinajstić information content (AvgIpc) is 2.37. The van der Waals surface area contributed by atoms with E-state index in [1.807, 2.05) is 36.2 Å². The minimum Gasteiger partial charge on any atom is -0.388 e. The molecule has 18 heavy (non-hydrogen) atoms. The number of hydrogen-bond acceptors (Lipinski definition) is 2. The maximum Gasteiger partial charge on any atom is 0.253 e. The zero-order valence-electron chi connectivity index (χ0n) is 11.3. The SMILES string of the molecule is CCN(CC1CCC1)C(=O)c1ccc(NC)cc1. The van der Waals surface area contributed by atoms with Crippen molar-refractivity contribution in [3.8, 4) is 0 Å². The van der Waals surface area contributed by atoms with Crippen LogP contribution in [0.25, 0.3) is 0 Å². The second-order valence-corrected chi connectivity index (χ2v) is 4.97. The topological polar surface area (TPSA) is 32.3 Å².